The standard InChI is InChI=1S/C20H16ClF3N8O/c21-16-15(7-26-29-19(16)33)31-6-5-14-12(9-31)17(18-25-10-27-28-18)30-32(14)8-11-3-1-2-4-13(11)20(22,23)24/h1-4,7,10H,5-6,8-9H2,(H,29,33)(H,25,27,28). The van der Waals surface area contributed by atoms with E-state index in [9.17, 15) is 18.0 Å². The molecule has 2 N–H and O–H groups in total. The molecule has 0 aliphatic carbocycles. The zero-order valence-corrected chi connectivity index (χ0v) is 17.7. The lowest BCUT2D eigenvalue weighted by Crippen LogP contribution is -2.32. The average molecular weight is 477 g/mol. The van der Waals surface area contributed by atoms with Gasteiger partial charge in [0.2, 0.25) is 0 Å². The van der Waals surface area contributed by atoms with Crippen molar-refractivity contribution in [1.29, 1.82) is 0 Å². The van der Waals surface area contributed by atoms with Gasteiger partial charge in [0.25, 0.3) is 5.56 Å². The van der Waals surface area contributed by atoms with E-state index in [1.54, 1.807) is 10.7 Å². The molecular formula is C20H16ClF3N8O. The zero-order valence-electron chi connectivity index (χ0n) is 16.9. The van der Waals surface area contributed by atoms with Crippen molar-refractivity contribution < 1.29 is 13.2 Å². The Morgan fingerprint density at radius 2 is 1.97 bits per heavy atom. The number of nitrogens with one attached hydrogen (secondary N) is 2. The van der Waals surface area contributed by atoms with Gasteiger partial charge in [0.1, 0.15) is 17.0 Å². The minimum atomic E-state index is -4.47. The van der Waals surface area contributed by atoms with Gasteiger partial charge in [-0.25, -0.2) is 10.1 Å². The van der Waals surface area contributed by atoms with Gasteiger partial charge in [-0.2, -0.15) is 28.5 Å². The molecule has 0 amide bonds. The predicted molar refractivity (Wildman–Crippen MR) is 113 cm³/mol. The molecule has 170 valence electrons. The van der Waals surface area contributed by atoms with Crippen LogP contribution in [0.5, 0.6) is 0 Å². The van der Waals surface area contributed by atoms with E-state index in [-0.39, 0.29) is 17.1 Å². The Morgan fingerprint density at radius 1 is 1.15 bits per heavy atom. The van der Waals surface area contributed by atoms with E-state index in [2.05, 4.69) is 30.5 Å². The van der Waals surface area contributed by atoms with Crippen molar-refractivity contribution in [3.63, 3.8) is 0 Å². The predicted octanol–water partition coefficient (Wildman–Crippen LogP) is 3.03. The summed E-state index contributed by atoms with van der Waals surface area (Å²) in [5.74, 6) is 0.395. The Labute approximate surface area is 189 Å². The molecule has 4 heterocycles. The van der Waals surface area contributed by atoms with Crippen LogP contribution in [-0.2, 0) is 25.7 Å². The van der Waals surface area contributed by atoms with Gasteiger partial charge in [0.05, 0.1) is 24.0 Å². The molecule has 0 unspecified atom stereocenters. The molecule has 0 atom stereocenters. The summed E-state index contributed by atoms with van der Waals surface area (Å²) in [6.07, 6.45) is -1.21. The fourth-order valence-electron chi connectivity index (χ4n) is 4.03. The highest BCUT2D eigenvalue weighted by molar-refractivity contribution is 6.33. The minimum Gasteiger partial charge on any atom is -0.364 e. The lowest BCUT2D eigenvalue weighted by molar-refractivity contribution is -0.138. The number of aromatic amines is 2. The van der Waals surface area contributed by atoms with Gasteiger partial charge in [0.15, 0.2) is 5.82 Å². The molecule has 0 saturated carbocycles. The molecule has 1 aliphatic heterocycles. The fraction of sp³-hybridized carbons (Fsp3) is 0.250. The molecule has 13 heteroatoms. The van der Waals surface area contributed by atoms with Gasteiger partial charge in [-0.3, -0.25) is 14.6 Å². The molecule has 9 nitrogen and oxygen atoms in total. The SMILES string of the molecule is O=c1[nH]ncc(N2CCc3c(c(-c4ncn[nH]4)nn3Cc3ccccc3C(F)(F)F)C2)c1Cl. The van der Waals surface area contributed by atoms with E-state index >= 15 is 0 Å². The van der Waals surface area contributed by atoms with Crippen molar-refractivity contribution in [2.24, 2.45) is 0 Å². The lowest BCUT2D eigenvalue weighted by Gasteiger charge is -2.29. The third-order valence-electron chi connectivity index (χ3n) is 5.53. The van der Waals surface area contributed by atoms with Gasteiger partial charge in [-0.1, -0.05) is 29.8 Å². The topological polar surface area (TPSA) is 108 Å². The highest BCUT2D eigenvalue weighted by Gasteiger charge is 2.34. The third-order valence-corrected chi connectivity index (χ3v) is 5.90. The molecule has 0 saturated heterocycles. The number of halogens is 4. The van der Waals surface area contributed by atoms with Crippen molar-refractivity contribution in [2.45, 2.75) is 25.7 Å². The monoisotopic (exact) mass is 476 g/mol. The number of nitrogens with zero attached hydrogens (tertiary/aromatic N) is 6. The molecule has 0 fully saturated rings. The van der Waals surface area contributed by atoms with Crippen LogP contribution in [0.15, 0.2) is 41.6 Å². The van der Waals surface area contributed by atoms with Crippen LogP contribution in [-0.4, -0.2) is 41.7 Å². The quantitative estimate of drug-likeness (QED) is 0.468. The number of anilines is 1. The first kappa shape index (κ1) is 21.2. The maximum atomic E-state index is 13.5. The first-order chi connectivity index (χ1) is 15.8. The van der Waals surface area contributed by atoms with E-state index in [0.29, 0.717) is 36.7 Å². The average Bonchev–Trinajstić information content (AvgIpc) is 3.43. The highest BCUT2D eigenvalue weighted by atomic mass is 35.5. The molecule has 0 bridgehead atoms. The molecule has 5 rings (SSSR count). The second kappa shape index (κ2) is 8.03. The van der Waals surface area contributed by atoms with Crippen LogP contribution in [0.25, 0.3) is 11.5 Å². The van der Waals surface area contributed by atoms with Crippen LogP contribution >= 0.6 is 11.6 Å². The Balaban J connectivity index is 1.57. The van der Waals surface area contributed by atoms with Crippen LogP contribution in [0.2, 0.25) is 5.02 Å². The summed E-state index contributed by atoms with van der Waals surface area (Å²) in [6, 6.07) is 5.44. The van der Waals surface area contributed by atoms with Gasteiger partial charge in [-0.05, 0) is 11.6 Å². The zero-order chi connectivity index (χ0) is 23.2. The molecule has 1 aromatic carbocycles. The Morgan fingerprint density at radius 3 is 2.73 bits per heavy atom. The minimum absolute atomic E-state index is 0.0150. The molecule has 1 aliphatic rings. The van der Waals surface area contributed by atoms with Crippen LogP contribution < -0.4 is 10.5 Å². The van der Waals surface area contributed by atoms with E-state index in [0.717, 1.165) is 17.3 Å². The van der Waals surface area contributed by atoms with Gasteiger partial charge in [-0.15, -0.1) is 0 Å². The molecule has 4 aromatic rings. The summed E-state index contributed by atoms with van der Waals surface area (Å²) in [5, 5.41) is 17.3. The summed E-state index contributed by atoms with van der Waals surface area (Å²) in [6.45, 7) is 0.733. The molecule has 0 radical (unpaired) electrons. The van der Waals surface area contributed by atoms with Crippen molar-refractivity contribution >= 4 is 17.3 Å². The summed E-state index contributed by atoms with van der Waals surface area (Å²) < 4.78 is 42.1. The summed E-state index contributed by atoms with van der Waals surface area (Å²) in [5.41, 5.74) is 1.39. The van der Waals surface area contributed by atoms with Gasteiger partial charge < -0.3 is 4.90 Å². The number of hydrogen-bond acceptors (Lipinski definition) is 6. The first-order valence-corrected chi connectivity index (χ1v) is 10.3. The smallest absolute Gasteiger partial charge is 0.364 e. The van der Waals surface area contributed by atoms with Crippen LogP contribution in [0.1, 0.15) is 22.4 Å². The summed E-state index contributed by atoms with van der Waals surface area (Å²) in [7, 11) is 0. The van der Waals surface area contributed by atoms with E-state index < -0.39 is 17.3 Å². The number of fused-ring (bicyclic) bond motifs is 1. The van der Waals surface area contributed by atoms with Crippen molar-refractivity contribution in [3.05, 3.63) is 74.6 Å². The number of aromatic nitrogens is 7. The van der Waals surface area contributed by atoms with E-state index in [1.165, 1.54) is 24.7 Å². The van der Waals surface area contributed by atoms with E-state index in [4.69, 9.17) is 11.6 Å². The Kier molecular flexibility index (Phi) is 5.16. The van der Waals surface area contributed by atoms with Crippen LogP contribution in [0, 0.1) is 0 Å². The van der Waals surface area contributed by atoms with Crippen molar-refractivity contribution in [2.75, 3.05) is 11.4 Å². The fourth-order valence-corrected chi connectivity index (χ4v) is 4.24. The maximum absolute atomic E-state index is 13.5. The molecule has 3 aromatic heterocycles. The second-order valence-corrected chi connectivity index (χ2v) is 7.87. The normalized spacial score (nSPS) is 13.9. The van der Waals surface area contributed by atoms with Crippen molar-refractivity contribution in [1.82, 2.24) is 35.2 Å². The number of hydrogen-bond donors (Lipinski definition) is 2. The number of benzene rings is 1. The molecule has 33 heavy (non-hydrogen) atoms. The Hall–Kier alpha value is -3.67. The van der Waals surface area contributed by atoms with Gasteiger partial charge >= 0.3 is 6.18 Å². The largest absolute Gasteiger partial charge is 0.416 e. The van der Waals surface area contributed by atoms with E-state index in [1.807, 2.05) is 4.90 Å². The third kappa shape index (κ3) is 3.86. The van der Waals surface area contributed by atoms with Crippen LogP contribution in [0.4, 0.5) is 18.9 Å². The van der Waals surface area contributed by atoms with Crippen LogP contribution in [0.3, 0.4) is 0 Å². The highest BCUT2D eigenvalue weighted by Crippen LogP contribution is 2.35. The summed E-state index contributed by atoms with van der Waals surface area (Å²) in [4.78, 5) is 17.9. The number of rotatable bonds is 4. The van der Waals surface area contributed by atoms with Gasteiger partial charge in [0, 0.05) is 30.8 Å². The molecule has 0 spiro atoms. The Bertz CT molecular complexity index is 1360. The van der Waals surface area contributed by atoms with Crippen molar-refractivity contribution in [3.8, 4) is 11.5 Å². The lowest BCUT2D eigenvalue weighted by atomic mass is 10.0. The maximum Gasteiger partial charge on any atom is 0.416 e. The second-order valence-electron chi connectivity index (χ2n) is 7.49. The number of H-pyrrole nitrogens is 2. The summed E-state index contributed by atoms with van der Waals surface area (Å²) >= 11 is 6.18. The number of alkyl halides is 3. The first-order valence-electron chi connectivity index (χ1n) is 9.90. The molecular weight excluding hydrogens is 461 g/mol.